The first-order chi connectivity index (χ1) is 6.77. The number of nitrogens with zero attached hydrogens (tertiary/aromatic N) is 1. The highest BCUT2D eigenvalue weighted by atomic mass is 79.9. The zero-order valence-corrected chi connectivity index (χ0v) is 10.9. The van der Waals surface area contributed by atoms with Crippen LogP contribution in [0.25, 0.3) is 0 Å². The molecule has 0 aliphatic carbocycles. The third kappa shape index (κ3) is 2.35. The molecule has 2 nitrogen and oxygen atoms in total. The van der Waals surface area contributed by atoms with Crippen molar-refractivity contribution in [1.82, 2.24) is 10.3 Å². The van der Waals surface area contributed by atoms with Crippen LogP contribution in [0, 0.1) is 0 Å². The number of pyridine rings is 1. The van der Waals surface area contributed by atoms with Crippen LogP contribution in [-0.2, 0) is 6.42 Å². The van der Waals surface area contributed by atoms with E-state index in [0.29, 0.717) is 6.04 Å². The molecule has 1 saturated heterocycles. The van der Waals surface area contributed by atoms with Crippen LogP contribution in [0.3, 0.4) is 0 Å². The Morgan fingerprint density at radius 1 is 1.36 bits per heavy atom. The lowest BCUT2D eigenvalue weighted by Crippen LogP contribution is -2.24. The molecular formula is C10H12Br2N2. The molecule has 0 aromatic carbocycles. The van der Waals surface area contributed by atoms with Crippen LogP contribution in [0.1, 0.15) is 18.4 Å². The Morgan fingerprint density at radius 3 is 2.64 bits per heavy atom. The first-order valence-electron chi connectivity index (χ1n) is 4.78. The van der Waals surface area contributed by atoms with Gasteiger partial charge in [0.25, 0.3) is 0 Å². The Kier molecular flexibility index (Phi) is 3.57. The van der Waals surface area contributed by atoms with Crippen LogP contribution in [0.2, 0.25) is 0 Å². The third-order valence-electron chi connectivity index (χ3n) is 2.57. The van der Waals surface area contributed by atoms with Crippen molar-refractivity contribution in [3.63, 3.8) is 0 Å². The Balaban J connectivity index is 2.14. The Hall–Kier alpha value is 0.0700. The second-order valence-corrected chi connectivity index (χ2v) is 5.29. The molecule has 0 spiro atoms. The summed E-state index contributed by atoms with van der Waals surface area (Å²) in [5.41, 5.74) is 1.32. The predicted molar refractivity (Wildman–Crippen MR) is 64.4 cm³/mol. The van der Waals surface area contributed by atoms with E-state index in [1.165, 1.54) is 18.4 Å². The van der Waals surface area contributed by atoms with E-state index >= 15 is 0 Å². The van der Waals surface area contributed by atoms with E-state index in [4.69, 9.17) is 0 Å². The molecule has 1 aromatic rings. The van der Waals surface area contributed by atoms with Crippen molar-refractivity contribution in [1.29, 1.82) is 0 Å². The molecular weight excluding hydrogens is 308 g/mol. The lowest BCUT2D eigenvalue weighted by Gasteiger charge is -2.12. The molecule has 0 radical (unpaired) electrons. The quantitative estimate of drug-likeness (QED) is 0.906. The molecule has 2 rings (SSSR count). The van der Waals surface area contributed by atoms with E-state index in [1.807, 2.05) is 12.4 Å². The number of nitrogens with one attached hydrogen (secondary N) is 1. The van der Waals surface area contributed by atoms with Gasteiger partial charge in [-0.1, -0.05) is 0 Å². The summed E-state index contributed by atoms with van der Waals surface area (Å²) in [5.74, 6) is 0. The maximum Gasteiger partial charge on any atom is 0.0413 e. The van der Waals surface area contributed by atoms with Crippen molar-refractivity contribution in [3.05, 3.63) is 26.9 Å². The molecule has 1 atom stereocenters. The minimum Gasteiger partial charge on any atom is -0.314 e. The van der Waals surface area contributed by atoms with Gasteiger partial charge in [-0.2, -0.15) is 0 Å². The van der Waals surface area contributed by atoms with Gasteiger partial charge in [0, 0.05) is 27.4 Å². The lowest BCUT2D eigenvalue weighted by molar-refractivity contribution is 0.600. The normalized spacial score (nSPS) is 21.4. The van der Waals surface area contributed by atoms with Gasteiger partial charge < -0.3 is 5.32 Å². The maximum absolute atomic E-state index is 4.10. The molecule has 0 bridgehead atoms. The Bertz CT molecular complexity index is 302. The highest BCUT2D eigenvalue weighted by Crippen LogP contribution is 2.26. The highest BCUT2D eigenvalue weighted by Gasteiger charge is 2.17. The molecule has 1 fully saturated rings. The smallest absolute Gasteiger partial charge is 0.0413 e. The first-order valence-corrected chi connectivity index (χ1v) is 6.37. The molecule has 1 aliphatic rings. The van der Waals surface area contributed by atoms with Crippen LogP contribution in [0.5, 0.6) is 0 Å². The standard InChI is InChI=1S/C10H12Br2N2/c11-9-5-13-6-10(12)8(9)4-7-2-1-3-14-7/h5-7,14H,1-4H2. The molecule has 1 unspecified atom stereocenters. The van der Waals surface area contributed by atoms with E-state index < -0.39 is 0 Å². The van der Waals surface area contributed by atoms with Gasteiger partial charge in [-0.3, -0.25) is 4.98 Å². The van der Waals surface area contributed by atoms with Crippen LogP contribution in [0.15, 0.2) is 21.3 Å². The van der Waals surface area contributed by atoms with Gasteiger partial charge in [0.15, 0.2) is 0 Å². The molecule has 1 N–H and O–H groups in total. The van der Waals surface area contributed by atoms with E-state index in [0.717, 1.165) is 21.9 Å². The maximum atomic E-state index is 4.10. The van der Waals surface area contributed by atoms with Crippen molar-refractivity contribution in [2.75, 3.05) is 6.54 Å². The molecule has 76 valence electrons. The minimum absolute atomic E-state index is 0.630. The summed E-state index contributed by atoms with van der Waals surface area (Å²) in [5, 5.41) is 3.50. The molecule has 4 heteroatoms. The highest BCUT2D eigenvalue weighted by molar-refractivity contribution is 9.11. The molecule has 2 heterocycles. The Morgan fingerprint density at radius 2 is 2.07 bits per heavy atom. The minimum atomic E-state index is 0.630. The molecule has 0 amide bonds. The average molecular weight is 320 g/mol. The van der Waals surface area contributed by atoms with Crippen molar-refractivity contribution in [3.8, 4) is 0 Å². The number of aromatic nitrogens is 1. The average Bonchev–Trinajstić information content (AvgIpc) is 2.64. The fourth-order valence-corrected chi connectivity index (χ4v) is 3.06. The van der Waals surface area contributed by atoms with Crippen LogP contribution in [-0.4, -0.2) is 17.6 Å². The molecule has 14 heavy (non-hydrogen) atoms. The van der Waals surface area contributed by atoms with Gasteiger partial charge in [-0.25, -0.2) is 0 Å². The number of halogens is 2. The van der Waals surface area contributed by atoms with Crippen molar-refractivity contribution in [2.45, 2.75) is 25.3 Å². The van der Waals surface area contributed by atoms with Crippen molar-refractivity contribution in [2.24, 2.45) is 0 Å². The van der Waals surface area contributed by atoms with Gasteiger partial charge in [0.2, 0.25) is 0 Å². The van der Waals surface area contributed by atoms with Gasteiger partial charge >= 0.3 is 0 Å². The van der Waals surface area contributed by atoms with Gasteiger partial charge in [-0.15, -0.1) is 0 Å². The molecule has 1 aliphatic heterocycles. The third-order valence-corrected chi connectivity index (χ3v) is 3.93. The predicted octanol–water partition coefficient (Wildman–Crippen LogP) is 2.90. The summed E-state index contributed by atoms with van der Waals surface area (Å²) >= 11 is 7.07. The zero-order valence-electron chi connectivity index (χ0n) is 7.76. The van der Waals surface area contributed by atoms with Crippen LogP contribution in [0.4, 0.5) is 0 Å². The van der Waals surface area contributed by atoms with Gasteiger partial charge in [0.1, 0.15) is 0 Å². The summed E-state index contributed by atoms with van der Waals surface area (Å²) in [4.78, 5) is 4.10. The molecule has 0 saturated carbocycles. The summed E-state index contributed by atoms with van der Waals surface area (Å²) in [6.07, 6.45) is 7.36. The van der Waals surface area contributed by atoms with Gasteiger partial charge in [0.05, 0.1) is 0 Å². The topological polar surface area (TPSA) is 24.9 Å². The molecule has 1 aromatic heterocycles. The number of rotatable bonds is 2. The second-order valence-electron chi connectivity index (χ2n) is 3.58. The fraction of sp³-hybridized carbons (Fsp3) is 0.500. The zero-order chi connectivity index (χ0) is 9.97. The SMILES string of the molecule is Brc1cncc(Br)c1CC1CCCN1. The summed E-state index contributed by atoms with van der Waals surface area (Å²) in [6, 6.07) is 0.630. The monoisotopic (exact) mass is 318 g/mol. The van der Waals surface area contributed by atoms with Crippen LogP contribution >= 0.6 is 31.9 Å². The van der Waals surface area contributed by atoms with E-state index in [9.17, 15) is 0 Å². The Labute approximate surface area is 101 Å². The second kappa shape index (κ2) is 4.73. The first kappa shape index (κ1) is 10.6. The largest absolute Gasteiger partial charge is 0.314 e. The number of hydrogen-bond donors (Lipinski definition) is 1. The summed E-state index contributed by atoms with van der Waals surface area (Å²) < 4.78 is 2.20. The summed E-state index contributed by atoms with van der Waals surface area (Å²) in [6.45, 7) is 1.16. The number of hydrogen-bond acceptors (Lipinski definition) is 2. The van der Waals surface area contributed by atoms with Gasteiger partial charge in [-0.05, 0) is 63.2 Å². The van der Waals surface area contributed by atoms with E-state index in [1.54, 1.807) is 0 Å². The van der Waals surface area contributed by atoms with Crippen molar-refractivity contribution >= 4 is 31.9 Å². The fourth-order valence-electron chi connectivity index (χ4n) is 1.81. The lowest BCUT2D eigenvalue weighted by atomic mass is 10.1. The van der Waals surface area contributed by atoms with Crippen LogP contribution < -0.4 is 5.32 Å². The van der Waals surface area contributed by atoms with Crippen molar-refractivity contribution < 1.29 is 0 Å². The van der Waals surface area contributed by atoms with E-state index in [-0.39, 0.29) is 0 Å². The summed E-state index contributed by atoms with van der Waals surface area (Å²) in [7, 11) is 0. The van der Waals surface area contributed by atoms with E-state index in [2.05, 4.69) is 42.2 Å².